The zero-order chi connectivity index (χ0) is 25.9. The number of hydrogen-bond donors (Lipinski definition) is 3. The Morgan fingerprint density at radius 3 is 2.56 bits per heavy atom. The van der Waals surface area contributed by atoms with Gasteiger partial charge in [-0.1, -0.05) is 6.07 Å². The summed E-state index contributed by atoms with van der Waals surface area (Å²) >= 11 is 3.36. The second-order valence-corrected chi connectivity index (χ2v) is 10.3. The van der Waals surface area contributed by atoms with Crippen LogP contribution in [0.2, 0.25) is 0 Å². The monoisotopic (exact) mass is 568 g/mol. The van der Waals surface area contributed by atoms with Crippen molar-refractivity contribution < 1.29 is 27.9 Å². The molecular weight excluding hydrogens is 541 g/mol. The van der Waals surface area contributed by atoms with Crippen molar-refractivity contribution >= 4 is 27.7 Å². The Hall–Kier alpha value is -2.50. The molecule has 2 heterocycles. The summed E-state index contributed by atoms with van der Waals surface area (Å²) in [4.78, 5) is 30.8. The van der Waals surface area contributed by atoms with E-state index in [4.69, 9.17) is 0 Å². The molecule has 2 fully saturated rings. The number of benzene rings is 1. The van der Waals surface area contributed by atoms with Crippen molar-refractivity contribution in [2.45, 2.75) is 56.0 Å². The van der Waals surface area contributed by atoms with E-state index < -0.39 is 23.2 Å². The molecule has 1 atom stereocenters. The quantitative estimate of drug-likeness (QED) is 0.495. The van der Waals surface area contributed by atoms with E-state index in [0.717, 1.165) is 41.9 Å². The summed E-state index contributed by atoms with van der Waals surface area (Å²) in [6.45, 7) is 0.751. The van der Waals surface area contributed by atoms with Gasteiger partial charge in [0.25, 0.3) is 5.91 Å². The summed E-state index contributed by atoms with van der Waals surface area (Å²) < 4.78 is 39.5. The predicted octanol–water partition coefficient (Wildman–Crippen LogP) is 3.61. The molecule has 0 spiro atoms. The number of carbonyl (C=O) groups is 2. The third-order valence-corrected chi connectivity index (χ3v) is 7.35. The Balaban J connectivity index is 1.21. The summed E-state index contributed by atoms with van der Waals surface area (Å²) in [7, 11) is 0. The number of nitrogens with one attached hydrogen (secondary N) is 2. The standard InChI is InChI=1S/C25H28BrF3N4O3/c26-18-4-5-21(30-13-18)24(36)9-6-19(7-10-24)32-20-8-11-33(15-20)22(34)14-31-23(35)16-2-1-3-17(12-16)25(27,28)29/h1-5,12-13,19-20,32,36H,6-11,14-15H2,(H,31,35). The lowest BCUT2D eigenvalue weighted by molar-refractivity contribution is -0.137. The molecule has 3 N–H and O–H groups in total. The Labute approximate surface area is 215 Å². The summed E-state index contributed by atoms with van der Waals surface area (Å²) in [5, 5.41) is 17.0. The Kier molecular flexibility index (Phi) is 8.01. The average molecular weight is 569 g/mol. The SMILES string of the molecule is O=C(NCC(=O)N1CCC(NC2CCC(O)(c3ccc(Br)cn3)CC2)C1)c1cccc(C(F)(F)F)c1. The molecule has 11 heteroatoms. The van der Waals surface area contributed by atoms with Gasteiger partial charge in [-0.3, -0.25) is 14.6 Å². The molecule has 1 unspecified atom stereocenters. The fraction of sp³-hybridized carbons (Fsp3) is 0.480. The first-order valence-electron chi connectivity index (χ1n) is 11.9. The van der Waals surface area contributed by atoms with Crippen molar-refractivity contribution in [3.8, 4) is 0 Å². The highest BCUT2D eigenvalue weighted by Crippen LogP contribution is 2.36. The third kappa shape index (κ3) is 6.43. The highest BCUT2D eigenvalue weighted by molar-refractivity contribution is 9.10. The van der Waals surface area contributed by atoms with Gasteiger partial charge in [0, 0.05) is 41.4 Å². The van der Waals surface area contributed by atoms with Crippen molar-refractivity contribution in [3.63, 3.8) is 0 Å². The number of rotatable bonds is 6. The molecule has 2 amide bonds. The first kappa shape index (κ1) is 26.6. The van der Waals surface area contributed by atoms with Gasteiger partial charge in [0.1, 0.15) is 5.60 Å². The first-order chi connectivity index (χ1) is 17.0. The van der Waals surface area contributed by atoms with Gasteiger partial charge in [0.15, 0.2) is 0 Å². The van der Waals surface area contributed by atoms with Crippen LogP contribution in [0.4, 0.5) is 13.2 Å². The topological polar surface area (TPSA) is 94.6 Å². The third-order valence-electron chi connectivity index (χ3n) is 6.88. The summed E-state index contributed by atoms with van der Waals surface area (Å²) in [6.07, 6.45) is 0.659. The summed E-state index contributed by atoms with van der Waals surface area (Å²) in [6, 6.07) is 8.15. The van der Waals surface area contributed by atoms with Crippen molar-refractivity contribution in [3.05, 3.63) is 63.9 Å². The number of aromatic nitrogens is 1. The molecule has 2 aromatic rings. The molecule has 7 nitrogen and oxygen atoms in total. The van der Waals surface area contributed by atoms with Crippen LogP contribution in [0.25, 0.3) is 0 Å². The molecule has 36 heavy (non-hydrogen) atoms. The summed E-state index contributed by atoms with van der Waals surface area (Å²) in [5.41, 5.74) is -1.32. The van der Waals surface area contributed by atoms with Crippen LogP contribution in [-0.2, 0) is 16.6 Å². The van der Waals surface area contributed by atoms with E-state index in [1.165, 1.54) is 6.07 Å². The van der Waals surface area contributed by atoms with Gasteiger partial charge in [-0.25, -0.2) is 0 Å². The Morgan fingerprint density at radius 1 is 1.14 bits per heavy atom. The minimum atomic E-state index is -4.55. The first-order valence-corrected chi connectivity index (χ1v) is 12.7. The maximum Gasteiger partial charge on any atom is 0.416 e. The number of nitrogens with zero attached hydrogens (tertiary/aromatic N) is 2. The molecule has 0 radical (unpaired) electrons. The van der Waals surface area contributed by atoms with E-state index in [2.05, 4.69) is 31.5 Å². The van der Waals surface area contributed by atoms with Crippen molar-refractivity contribution in [2.24, 2.45) is 0 Å². The smallest absolute Gasteiger partial charge is 0.384 e. The van der Waals surface area contributed by atoms with E-state index >= 15 is 0 Å². The minimum Gasteiger partial charge on any atom is -0.384 e. The largest absolute Gasteiger partial charge is 0.416 e. The normalized spacial score (nSPS) is 24.5. The van der Waals surface area contributed by atoms with Crippen LogP contribution in [-0.4, -0.2) is 58.5 Å². The number of halogens is 4. The van der Waals surface area contributed by atoms with E-state index in [0.29, 0.717) is 31.6 Å². The van der Waals surface area contributed by atoms with Gasteiger partial charge < -0.3 is 20.6 Å². The van der Waals surface area contributed by atoms with Crippen LogP contribution >= 0.6 is 15.9 Å². The Bertz CT molecular complexity index is 1090. The zero-order valence-electron chi connectivity index (χ0n) is 19.5. The van der Waals surface area contributed by atoms with Crippen LogP contribution in [0.1, 0.15) is 53.7 Å². The second-order valence-electron chi connectivity index (χ2n) is 9.42. The summed E-state index contributed by atoms with van der Waals surface area (Å²) in [5.74, 6) is -1.00. The molecule has 1 aromatic carbocycles. The highest BCUT2D eigenvalue weighted by atomic mass is 79.9. The zero-order valence-corrected chi connectivity index (χ0v) is 21.1. The van der Waals surface area contributed by atoms with Gasteiger partial charge in [-0.05, 0) is 78.4 Å². The van der Waals surface area contributed by atoms with E-state index in [9.17, 15) is 27.9 Å². The van der Waals surface area contributed by atoms with Crippen molar-refractivity contribution in [1.29, 1.82) is 0 Å². The maximum absolute atomic E-state index is 12.9. The van der Waals surface area contributed by atoms with E-state index in [-0.39, 0.29) is 30.1 Å². The lowest BCUT2D eigenvalue weighted by Gasteiger charge is -2.37. The van der Waals surface area contributed by atoms with Crippen molar-refractivity contribution in [2.75, 3.05) is 19.6 Å². The van der Waals surface area contributed by atoms with E-state index in [1.807, 2.05) is 12.1 Å². The molecular formula is C25H28BrF3N4O3. The van der Waals surface area contributed by atoms with E-state index in [1.54, 1.807) is 11.1 Å². The van der Waals surface area contributed by atoms with Crippen LogP contribution < -0.4 is 10.6 Å². The van der Waals surface area contributed by atoms with Gasteiger partial charge in [0.2, 0.25) is 5.91 Å². The lowest BCUT2D eigenvalue weighted by Crippen LogP contribution is -2.46. The molecule has 1 saturated heterocycles. The molecule has 1 aromatic heterocycles. The van der Waals surface area contributed by atoms with Gasteiger partial charge in [0.05, 0.1) is 17.8 Å². The molecule has 1 aliphatic carbocycles. The minimum absolute atomic E-state index is 0.107. The number of aliphatic hydroxyl groups is 1. The van der Waals surface area contributed by atoms with Gasteiger partial charge in [-0.15, -0.1) is 0 Å². The maximum atomic E-state index is 12.9. The van der Waals surface area contributed by atoms with Gasteiger partial charge in [-0.2, -0.15) is 13.2 Å². The number of pyridine rings is 1. The van der Waals surface area contributed by atoms with Crippen molar-refractivity contribution in [1.82, 2.24) is 20.5 Å². The fourth-order valence-corrected chi connectivity index (χ4v) is 5.07. The average Bonchev–Trinajstić information content (AvgIpc) is 3.32. The van der Waals surface area contributed by atoms with Crippen LogP contribution in [0.5, 0.6) is 0 Å². The number of likely N-dealkylation sites (tertiary alicyclic amines) is 1. The number of alkyl halides is 3. The molecule has 194 valence electrons. The van der Waals surface area contributed by atoms with Crippen LogP contribution in [0.15, 0.2) is 47.1 Å². The number of carbonyl (C=O) groups excluding carboxylic acids is 2. The second kappa shape index (κ2) is 10.9. The highest BCUT2D eigenvalue weighted by Gasteiger charge is 2.37. The lowest BCUT2D eigenvalue weighted by atomic mass is 9.79. The Morgan fingerprint density at radius 2 is 1.89 bits per heavy atom. The van der Waals surface area contributed by atoms with Crippen LogP contribution in [0.3, 0.4) is 0 Å². The van der Waals surface area contributed by atoms with Gasteiger partial charge >= 0.3 is 6.18 Å². The predicted molar refractivity (Wildman–Crippen MR) is 130 cm³/mol. The molecule has 1 aliphatic heterocycles. The molecule has 4 rings (SSSR count). The van der Waals surface area contributed by atoms with Crippen LogP contribution in [0, 0.1) is 0 Å². The molecule has 1 saturated carbocycles. The number of hydrogen-bond acceptors (Lipinski definition) is 5. The molecule has 2 aliphatic rings. The molecule has 0 bridgehead atoms. The number of amides is 2. The fourth-order valence-electron chi connectivity index (χ4n) is 4.83.